The fourth-order valence-corrected chi connectivity index (χ4v) is 1.30. The second-order valence-electron chi connectivity index (χ2n) is 2.59. The molecule has 0 aliphatic heterocycles. The van der Waals surface area contributed by atoms with Crippen LogP contribution in [0.3, 0.4) is 0 Å². The molecule has 0 N–H and O–H groups in total. The molecule has 1 aromatic heterocycles. The molecule has 2 heteroatoms. The summed E-state index contributed by atoms with van der Waals surface area (Å²) >= 11 is 0. The zero-order valence-electron chi connectivity index (χ0n) is 9.32. The first-order valence-corrected chi connectivity index (χ1v) is 3.60. The van der Waals surface area contributed by atoms with E-state index >= 15 is 0 Å². The third kappa shape index (κ3) is 0.848. The van der Waals surface area contributed by atoms with Crippen molar-refractivity contribution in [3.05, 3.63) is 36.0 Å². The van der Waals surface area contributed by atoms with Gasteiger partial charge in [0.05, 0.1) is 0 Å². The molecule has 0 unspecified atom stereocenters. The number of nitrogens with zero attached hydrogens (tertiary/aromatic N) is 1. The van der Waals surface area contributed by atoms with Crippen LogP contribution in [0.5, 0.6) is 0 Å². The third-order valence-electron chi connectivity index (χ3n) is 1.87. The van der Waals surface area contributed by atoms with Gasteiger partial charge in [0, 0.05) is 33.8 Å². The van der Waals surface area contributed by atoms with E-state index in [1.165, 1.54) is 6.20 Å². The zero-order valence-corrected chi connectivity index (χ0v) is 6.32. The van der Waals surface area contributed by atoms with Gasteiger partial charge in [0.25, 0.3) is 0 Å². The molecule has 0 saturated heterocycles. The molecule has 0 spiro atoms. The minimum Gasteiger partial charge on any atom is -0.350 e. The second kappa shape index (κ2) is 2.48. The van der Waals surface area contributed by atoms with Crippen molar-refractivity contribution in [2.45, 2.75) is 0 Å². The Morgan fingerprint density at radius 3 is 3.08 bits per heavy atom. The largest absolute Gasteiger partial charge is 0.350 e. The number of rotatable bonds is 1. The lowest BCUT2D eigenvalue weighted by Crippen LogP contribution is -1.81. The van der Waals surface area contributed by atoms with Crippen LogP contribution in [-0.4, -0.2) is 10.9 Å². The minimum atomic E-state index is -2.25. The van der Waals surface area contributed by atoms with E-state index in [9.17, 15) is 4.79 Å². The van der Waals surface area contributed by atoms with Crippen molar-refractivity contribution in [3.8, 4) is 0 Å². The first kappa shape index (κ1) is 4.45. The van der Waals surface area contributed by atoms with E-state index in [0.29, 0.717) is 22.8 Å². The van der Waals surface area contributed by atoms with Crippen LogP contribution < -0.4 is 0 Å². The number of aryl methyl sites for hydroxylation is 1. The van der Waals surface area contributed by atoms with E-state index in [-0.39, 0.29) is 0 Å². The van der Waals surface area contributed by atoms with Crippen molar-refractivity contribution in [1.29, 1.82) is 0 Å². The average Bonchev–Trinajstić information content (AvgIpc) is 2.55. The first-order valence-electron chi connectivity index (χ1n) is 5.10. The number of aldehydes is 1. The number of hydrogen-bond donors (Lipinski definition) is 0. The molecule has 0 aliphatic rings. The van der Waals surface area contributed by atoms with Crippen molar-refractivity contribution in [2.24, 2.45) is 6.98 Å². The summed E-state index contributed by atoms with van der Waals surface area (Å²) in [6.07, 6.45) is 2.04. The lowest BCUT2D eigenvalue weighted by Gasteiger charge is -1.92. The Hall–Kier alpha value is -1.57. The number of benzene rings is 1. The van der Waals surface area contributed by atoms with Crippen molar-refractivity contribution < 1.29 is 8.91 Å². The van der Waals surface area contributed by atoms with Gasteiger partial charge in [0.15, 0.2) is 6.29 Å². The van der Waals surface area contributed by atoms with Gasteiger partial charge in [-0.3, -0.25) is 4.79 Å². The quantitative estimate of drug-likeness (QED) is 0.588. The number of hydrogen-bond acceptors (Lipinski definition) is 1. The van der Waals surface area contributed by atoms with Crippen LogP contribution in [0.25, 0.3) is 10.9 Å². The average molecular weight is 162 g/mol. The standard InChI is InChI=1S/C10H9NO/c1-11-6-8(7-12)9-4-2-3-5-10(9)11/h2-7H,1H3/i1D3. The van der Waals surface area contributed by atoms with E-state index in [4.69, 9.17) is 4.11 Å². The van der Waals surface area contributed by atoms with Crippen LogP contribution in [0, 0.1) is 0 Å². The molecule has 12 heavy (non-hydrogen) atoms. The van der Waals surface area contributed by atoms with Crippen molar-refractivity contribution in [1.82, 2.24) is 4.57 Å². The van der Waals surface area contributed by atoms with E-state index in [2.05, 4.69) is 0 Å². The highest BCUT2D eigenvalue weighted by atomic mass is 16.1. The summed E-state index contributed by atoms with van der Waals surface area (Å²) in [5, 5.41) is 0.670. The summed E-state index contributed by atoms with van der Waals surface area (Å²) in [6, 6.07) is 6.95. The fourth-order valence-electron chi connectivity index (χ4n) is 1.30. The first-order chi connectivity index (χ1) is 7.04. The molecular formula is C10H9NO. The van der Waals surface area contributed by atoms with Gasteiger partial charge in [-0.25, -0.2) is 0 Å². The van der Waals surface area contributed by atoms with Crippen LogP contribution in [0.1, 0.15) is 14.5 Å². The predicted molar refractivity (Wildman–Crippen MR) is 48.3 cm³/mol. The maximum absolute atomic E-state index is 10.8. The maximum atomic E-state index is 10.8. The van der Waals surface area contributed by atoms with Crippen molar-refractivity contribution in [3.63, 3.8) is 0 Å². The lowest BCUT2D eigenvalue weighted by atomic mass is 10.2. The molecule has 0 fully saturated rings. The summed E-state index contributed by atoms with van der Waals surface area (Å²) in [6.45, 7) is -2.25. The number of carbonyl (C=O) groups excluding carboxylic acids is 1. The molecule has 1 heterocycles. The second-order valence-corrected chi connectivity index (χ2v) is 2.59. The lowest BCUT2D eigenvalue weighted by molar-refractivity contribution is 0.112. The zero-order chi connectivity index (χ0) is 11.1. The summed E-state index contributed by atoms with van der Waals surface area (Å²) in [5.74, 6) is 0. The molecule has 0 aliphatic carbocycles. The van der Waals surface area contributed by atoms with E-state index in [1.54, 1.807) is 24.3 Å². The molecule has 1 aromatic carbocycles. The number of fused-ring (bicyclic) bond motifs is 1. The Bertz CT molecular complexity index is 513. The molecular weight excluding hydrogens is 150 g/mol. The van der Waals surface area contributed by atoms with Crippen LogP contribution >= 0.6 is 0 Å². The van der Waals surface area contributed by atoms with Gasteiger partial charge in [-0.15, -0.1) is 0 Å². The SMILES string of the molecule is [2H]C([2H])([2H])n1cc(C=O)c2ccccc21. The van der Waals surface area contributed by atoms with Crippen LogP contribution in [-0.2, 0) is 6.98 Å². The molecule has 0 radical (unpaired) electrons. The van der Waals surface area contributed by atoms with Gasteiger partial charge < -0.3 is 4.57 Å². The van der Waals surface area contributed by atoms with E-state index in [0.717, 1.165) is 4.57 Å². The number of aromatic nitrogens is 1. The molecule has 2 rings (SSSR count). The van der Waals surface area contributed by atoms with Crippen LogP contribution in [0.15, 0.2) is 30.5 Å². The number of para-hydroxylation sites is 1. The summed E-state index contributed by atoms with van der Waals surface area (Å²) in [7, 11) is 0. The maximum Gasteiger partial charge on any atom is 0.152 e. The van der Waals surface area contributed by atoms with Gasteiger partial charge in [-0.2, -0.15) is 0 Å². The third-order valence-corrected chi connectivity index (χ3v) is 1.87. The summed E-state index contributed by atoms with van der Waals surface area (Å²) < 4.78 is 23.1. The van der Waals surface area contributed by atoms with Crippen molar-refractivity contribution >= 4 is 17.2 Å². The molecule has 0 saturated carbocycles. The summed E-state index contributed by atoms with van der Waals surface area (Å²) in [4.78, 5) is 10.8. The smallest absolute Gasteiger partial charge is 0.152 e. The Morgan fingerprint density at radius 1 is 1.50 bits per heavy atom. The van der Waals surface area contributed by atoms with Crippen LogP contribution in [0.4, 0.5) is 0 Å². The van der Waals surface area contributed by atoms with Crippen LogP contribution in [0.2, 0.25) is 0 Å². The normalized spacial score (nSPS) is 15.2. The highest BCUT2D eigenvalue weighted by Gasteiger charge is 2.02. The van der Waals surface area contributed by atoms with E-state index in [1.807, 2.05) is 0 Å². The number of carbonyl (C=O) groups is 1. The fraction of sp³-hybridized carbons (Fsp3) is 0.100. The highest BCUT2D eigenvalue weighted by molar-refractivity contribution is 5.97. The predicted octanol–water partition coefficient (Wildman–Crippen LogP) is 1.99. The van der Waals surface area contributed by atoms with E-state index < -0.39 is 6.98 Å². The molecule has 2 nitrogen and oxygen atoms in total. The van der Waals surface area contributed by atoms with Gasteiger partial charge in [0.2, 0.25) is 0 Å². The highest BCUT2D eigenvalue weighted by Crippen LogP contribution is 2.17. The van der Waals surface area contributed by atoms with Gasteiger partial charge in [0.1, 0.15) is 0 Å². The topological polar surface area (TPSA) is 22.0 Å². The Balaban J connectivity index is 2.82. The van der Waals surface area contributed by atoms with Gasteiger partial charge in [-0.05, 0) is 6.07 Å². The van der Waals surface area contributed by atoms with Crippen molar-refractivity contribution in [2.75, 3.05) is 0 Å². The Morgan fingerprint density at radius 2 is 2.33 bits per heavy atom. The molecule has 2 aromatic rings. The molecule has 60 valence electrons. The molecule has 0 amide bonds. The van der Waals surface area contributed by atoms with Gasteiger partial charge >= 0.3 is 0 Å². The Labute approximate surface area is 74.6 Å². The Kier molecular flexibility index (Phi) is 0.921. The summed E-state index contributed by atoms with van der Waals surface area (Å²) in [5.41, 5.74) is 0.960. The minimum absolute atomic E-state index is 0.404. The molecule has 0 bridgehead atoms. The van der Waals surface area contributed by atoms with Gasteiger partial charge in [-0.1, -0.05) is 18.2 Å². The molecule has 0 atom stereocenters. The monoisotopic (exact) mass is 162 g/mol.